The van der Waals surface area contributed by atoms with Crippen LogP contribution in [0.3, 0.4) is 0 Å². The molecule has 0 aliphatic rings. The Morgan fingerprint density at radius 3 is 2.67 bits per heavy atom. The van der Waals surface area contributed by atoms with Gasteiger partial charge in [0, 0.05) is 0 Å². The molecular weight excluding hydrogens is 254 g/mol. The minimum atomic E-state index is -0.211. The van der Waals surface area contributed by atoms with E-state index >= 15 is 0 Å². The van der Waals surface area contributed by atoms with Crippen LogP contribution in [-0.4, -0.2) is 40.0 Å². The van der Waals surface area contributed by atoms with Crippen molar-refractivity contribution in [2.24, 2.45) is 0 Å². The average Bonchev–Trinajstić information content (AvgIpc) is 2.94. The maximum Gasteiger partial charge on any atom is 0.240 e. The molecule has 0 aliphatic carbocycles. The van der Waals surface area contributed by atoms with Crippen LogP contribution in [0.4, 0.5) is 0 Å². The highest BCUT2D eigenvalue weighted by Crippen LogP contribution is 2.26. The fourth-order valence-corrected chi connectivity index (χ4v) is 1.99. The minimum absolute atomic E-state index is 0.211. The number of hydrogen-bond acceptors (Lipinski definition) is 8. The number of aromatic nitrogens is 4. The number of methoxy groups -OCH3 is 2. The van der Waals surface area contributed by atoms with Crippen molar-refractivity contribution in [1.82, 2.24) is 24.0 Å². The first-order valence-electron chi connectivity index (χ1n) is 5.19. The molecule has 0 fully saturated rings. The maximum absolute atomic E-state index is 5.23. The Bertz CT molecular complexity index is 505. The summed E-state index contributed by atoms with van der Waals surface area (Å²) in [4.78, 5) is 8.51. The van der Waals surface area contributed by atoms with E-state index in [0.29, 0.717) is 17.5 Å². The highest BCUT2D eigenvalue weighted by atomic mass is 32.1. The number of nitrogens with zero attached hydrogens (tertiary/aromatic N) is 4. The first-order valence-corrected chi connectivity index (χ1v) is 5.92. The predicted molar refractivity (Wildman–Crippen MR) is 65.9 cm³/mol. The van der Waals surface area contributed by atoms with E-state index in [9.17, 15) is 0 Å². The zero-order chi connectivity index (χ0) is 13.0. The summed E-state index contributed by atoms with van der Waals surface area (Å²) in [6, 6.07) is -0.211. The lowest BCUT2D eigenvalue weighted by Gasteiger charge is -2.15. The third kappa shape index (κ3) is 2.39. The Kier molecular flexibility index (Phi) is 4.00. The summed E-state index contributed by atoms with van der Waals surface area (Å²) in [6.07, 6.45) is 3.24. The molecule has 2 aromatic heterocycles. The molecule has 0 saturated carbocycles. The van der Waals surface area contributed by atoms with E-state index in [-0.39, 0.29) is 6.04 Å². The van der Waals surface area contributed by atoms with Crippen LogP contribution in [0.5, 0.6) is 11.8 Å². The summed E-state index contributed by atoms with van der Waals surface area (Å²) in [7, 11) is 4.89. The fraction of sp³-hybridized carbons (Fsp3) is 0.400. The molecule has 1 atom stereocenters. The van der Waals surface area contributed by atoms with Crippen LogP contribution in [0.1, 0.15) is 17.4 Å². The molecule has 0 amide bonds. The van der Waals surface area contributed by atoms with Crippen LogP contribution in [0.2, 0.25) is 0 Å². The minimum Gasteiger partial charge on any atom is -0.480 e. The molecule has 0 saturated heterocycles. The van der Waals surface area contributed by atoms with Gasteiger partial charge in [-0.15, -0.1) is 0 Å². The Morgan fingerprint density at radius 1 is 1.28 bits per heavy atom. The van der Waals surface area contributed by atoms with E-state index in [1.54, 1.807) is 19.5 Å². The SMILES string of the molecule is CNC(c1cnsn1)c1ncc(OC)nc1OC. The smallest absolute Gasteiger partial charge is 0.240 e. The molecule has 0 aliphatic heterocycles. The zero-order valence-corrected chi connectivity index (χ0v) is 11.1. The third-order valence-electron chi connectivity index (χ3n) is 2.38. The van der Waals surface area contributed by atoms with E-state index in [4.69, 9.17) is 9.47 Å². The monoisotopic (exact) mass is 267 g/mol. The van der Waals surface area contributed by atoms with Gasteiger partial charge in [-0.1, -0.05) is 0 Å². The normalized spacial score (nSPS) is 12.2. The first kappa shape index (κ1) is 12.7. The van der Waals surface area contributed by atoms with Crippen molar-refractivity contribution in [1.29, 1.82) is 0 Å². The van der Waals surface area contributed by atoms with Gasteiger partial charge in [-0.05, 0) is 7.05 Å². The summed E-state index contributed by atoms with van der Waals surface area (Å²) in [5.41, 5.74) is 1.42. The molecule has 7 nitrogen and oxygen atoms in total. The van der Waals surface area contributed by atoms with Crippen molar-refractivity contribution in [2.45, 2.75) is 6.04 Å². The summed E-state index contributed by atoms with van der Waals surface area (Å²) >= 11 is 1.15. The second-order valence-corrected chi connectivity index (χ2v) is 3.92. The van der Waals surface area contributed by atoms with Crippen molar-refractivity contribution < 1.29 is 9.47 Å². The molecule has 96 valence electrons. The topological polar surface area (TPSA) is 82.1 Å². The molecule has 8 heteroatoms. The maximum atomic E-state index is 5.23. The molecule has 0 aromatic carbocycles. The number of ether oxygens (including phenoxy) is 2. The molecular formula is C10H13N5O2S. The van der Waals surface area contributed by atoms with Crippen molar-refractivity contribution in [3.63, 3.8) is 0 Å². The van der Waals surface area contributed by atoms with Gasteiger partial charge in [0.15, 0.2) is 0 Å². The van der Waals surface area contributed by atoms with Crippen LogP contribution >= 0.6 is 11.7 Å². The molecule has 1 N–H and O–H groups in total. The average molecular weight is 267 g/mol. The molecule has 0 spiro atoms. The third-order valence-corrected chi connectivity index (χ3v) is 2.88. The fourth-order valence-electron chi connectivity index (χ4n) is 1.54. The Morgan fingerprint density at radius 2 is 2.11 bits per heavy atom. The highest BCUT2D eigenvalue weighted by molar-refractivity contribution is 6.99. The zero-order valence-electron chi connectivity index (χ0n) is 10.2. The molecule has 0 radical (unpaired) electrons. The molecule has 2 heterocycles. The first-order chi connectivity index (χ1) is 8.80. The second kappa shape index (κ2) is 5.69. The van der Waals surface area contributed by atoms with Crippen LogP contribution < -0.4 is 14.8 Å². The lowest BCUT2D eigenvalue weighted by molar-refractivity contribution is 0.353. The van der Waals surface area contributed by atoms with Crippen LogP contribution in [0.25, 0.3) is 0 Å². The number of nitrogens with one attached hydrogen (secondary N) is 1. The Hall–Kier alpha value is -1.80. The van der Waals surface area contributed by atoms with Gasteiger partial charge < -0.3 is 14.8 Å². The van der Waals surface area contributed by atoms with Gasteiger partial charge in [0.05, 0.1) is 44.0 Å². The molecule has 1 unspecified atom stereocenters. The summed E-state index contributed by atoms with van der Waals surface area (Å²) in [5, 5.41) is 3.11. The standard InChI is InChI=1S/C10H13N5O2S/c1-11-8(6-4-13-18-15-6)9-10(17-3)14-7(16-2)5-12-9/h4-5,8,11H,1-3H3. The van der Waals surface area contributed by atoms with Crippen LogP contribution in [0.15, 0.2) is 12.4 Å². The lowest BCUT2D eigenvalue weighted by Crippen LogP contribution is -2.20. The van der Waals surface area contributed by atoms with Crippen molar-refractivity contribution in [3.05, 3.63) is 23.8 Å². The molecule has 18 heavy (non-hydrogen) atoms. The number of rotatable bonds is 5. The largest absolute Gasteiger partial charge is 0.480 e. The summed E-state index contributed by atoms with van der Waals surface area (Å²) < 4.78 is 18.4. The van der Waals surface area contributed by atoms with E-state index in [0.717, 1.165) is 17.4 Å². The Labute approximate surface area is 109 Å². The quantitative estimate of drug-likeness (QED) is 0.851. The van der Waals surface area contributed by atoms with Gasteiger partial charge >= 0.3 is 0 Å². The molecule has 0 bridgehead atoms. The van der Waals surface area contributed by atoms with E-state index < -0.39 is 0 Å². The van der Waals surface area contributed by atoms with E-state index in [2.05, 4.69) is 24.0 Å². The van der Waals surface area contributed by atoms with E-state index in [1.165, 1.54) is 7.11 Å². The summed E-state index contributed by atoms with van der Waals surface area (Å²) in [5.74, 6) is 0.809. The van der Waals surface area contributed by atoms with Gasteiger partial charge in [0.2, 0.25) is 11.8 Å². The number of hydrogen-bond donors (Lipinski definition) is 1. The second-order valence-electron chi connectivity index (χ2n) is 3.36. The molecule has 2 aromatic rings. The highest BCUT2D eigenvalue weighted by Gasteiger charge is 2.22. The van der Waals surface area contributed by atoms with Gasteiger partial charge in [0.25, 0.3) is 0 Å². The Balaban J connectivity index is 2.42. The van der Waals surface area contributed by atoms with Gasteiger partial charge in [-0.3, -0.25) is 0 Å². The predicted octanol–water partition coefficient (Wildman–Crippen LogP) is 0.654. The van der Waals surface area contributed by atoms with Gasteiger partial charge in [-0.2, -0.15) is 13.7 Å². The lowest BCUT2D eigenvalue weighted by atomic mass is 10.1. The van der Waals surface area contributed by atoms with Crippen molar-refractivity contribution in [2.75, 3.05) is 21.3 Å². The van der Waals surface area contributed by atoms with Crippen LogP contribution in [0, 0.1) is 0 Å². The van der Waals surface area contributed by atoms with Gasteiger partial charge in [0.1, 0.15) is 11.7 Å². The van der Waals surface area contributed by atoms with Crippen molar-refractivity contribution >= 4 is 11.7 Å². The van der Waals surface area contributed by atoms with Gasteiger partial charge in [-0.25, -0.2) is 4.98 Å². The van der Waals surface area contributed by atoms with Crippen LogP contribution in [-0.2, 0) is 0 Å². The van der Waals surface area contributed by atoms with E-state index in [1.807, 2.05) is 7.05 Å². The van der Waals surface area contributed by atoms with Crippen molar-refractivity contribution in [3.8, 4) is 11.8 Å². The summed E-state index contributed by atoms with van der Waals surface area (Å²) in [6.45, 7) is 0. The molecule has 2 rings (SSSR count).